The van der Waals surface area contributed by atoms with Crippen molar-refractivity contribution < 1.29 is 0 Å². The molecular formula is C43H33N3Si. The van der Waals surface area contributed by atoms with Gasteiger partial charge in [0.2, 0.25) is 0 Å². The molecule has 4 heteroatoms. The van der Waals surface area contributed by atoms with Gasteiger partial charge in [-0.2, -0.15) is 0 Å². The fourth-order valence-corrected chi connectivity index (χ4v) is 11.5. The van der Waals surface area contributed by atoms with Crippen molar-refractivity contribution in [2.75, 3.05) is 4.90 Å². The van der Waals surface area contributed by atoms with Crippen molar-refractivity contribution in [3.8, 4) is 22.3 Å². The van der Waals surface area contributed by atoms with Crippen LogP contribution in [0.2, 0.25) is 13.1 Å². The summed E-state index contributed by atoms with van der Waals surface area (Å²) in [4.78, 5) is 11.4. The van der Waals surface area contributed by atoms with Crippen LogP contribution in [0.1, 0.15) is 22.3 Å². The highest BCUT2D eigenvalue weighted by atomic mass is 28.3. The first-order valence-electron chi connectivity index (χ1n) is 16.2. The van der Waals surface area contributed by atoms with Crippen LogP contribution in [0.15, 0.2) is 164 Å². The van der Waals surface area contributed by atoms with E-state index in [4.69, 9.17) is 0 Å². The Labute approximate surface area is 276 Å². The molecule has 0 saturated heterocycles. The van der Waals surface area contributed by atoms with Gasteiger partial charge in [-0.15, -0.1) is 0 Å². The van der Waals surface area contributed by atoms with Gasteiger partial charge in [-0.05, 0) is 86.2 Å². The van der Waals surface area contributed by atoms with Crippen LogP contribution in [0, 0.1) is 0 Å². The smallest absolute Gasteiger partial charge is 0.113 e. The van der Waals surface area contributed by atoms with E-state index in [1.165, 1.54) is 44.0 Å². The minimum absolute atomic E-state index is 0.452. The Morgan fingerprint density at radius 3 is 1.38 bits per heavy atom. The fourth-order valence-electron chi connectivity index (χ4n) is 8.25. The van der Waals surface area contributed by atoms with Crippen molar-refractivity contribution in [1.29, 1.82) is 0 Å². The molecule has 7 aromatic rings. The first-order valence-corrected chi connectivity index (χ1v) is 19.2. The van der Waals surface area contributed by atoms with Gasteiger partial charge in [0.25, 0.3) is 0 Å². The van der Waals surface area contributed by atoms with Crippen LogP contribution in [0.5, 0.6) is 0 Å². The topological polar surface area (TPSA) is 29.0 Å². The summed E-state index contributed by atoms with van der Waals surface area (Å²) < 4.78 is 0. The van der Waals surface area contributed by atoms with Gasteiger partial charge in [-0.1, -0.05) is 110 Å². The lowest BCUT2D eigenvalue weighted by Gasteiger charge is -2.52. The fraction of sp³-hybridized carbons (Fsp3) is 0.0698. The van der Waals surface area contributed by atoms with E-state index < -0.39 is 13.5 Å². The quantitative estimate of drug-likeness (QED) is 0.185. The summed E-state index contributed by atoms with van der Waals surface area (Å²) in [5.74, 6) is 0. The second-order valence-corrected chi connectivity index (χ2v) is 17.4. The molecule has 2 aliphatic heterocycles. The van der Waals surface area contributed by atoms with Crippen molar-refractivity contribution in [2.45, 2.75) is 18.5 Å². The lowest BCUT2D eigenvalue weighted by molar-refractivity contribution is 0.735. The van der Waals surface area contributed by atoms with Gasteiger partial charge in [0, 0.05) is 41.6 Å². The molecule has 2 aromatic heterocycles. The molecule has 0 fully saturated rings. The largest absolute Gasteiger partial charge is 0.310 e. The van der Waals surface area contributed by atoms with Gasteiger partial charge >= 0.3 is 0 Å². The molecule has 0 N–H and O–H groups in total. The van der Waals surface area contributed by atoms with Crippen molar-refractivity contribution >= 4 is 35.5 Å². The van der Waals surface area contributed by atoms with E-state index in [2.05, 4.69) is 155 Å². The van der Waals surface area contributed by atoms with Crippen LogP contribution in [0.3, 0.4) is 0 Å². The molecule has 47 heavy (non-hydrogen) atoms. The summed E-state index contributed by atoms with van der Waals surface area (Å²) in [7, 11) is -1.98. The normalized spacial score (nSPS) is 14.9. The predicted octanol–water partition coefficient (Wildman–Crippen LogP) is 9.11. The highest BCUT2D eigenvalue weighted by Crippen LogP contribution is 2.58. The Bertz CT molecular complexity index is 2140. The Morgan fingerprint density at radius 2 is 0.915 bits per heavy atom. The van der Waals surface area contributed by atoms with Crippen LogP contribution in [0.25, 0.3) is 22.3 Å². The lowest BCUT2D eigenvalue weighted by atomic mass is 9.62. The third-order valence-corrected chi connectivity index (χ3v) is 13.8. The Kier molecular flexibility index (Phi) is 6.18. The molecular weight excluding hydrogens is 587 g/mol. The molecule has 5 aromatic carbocycles. The summed E-state index contributed by atoms with van der Waals surface area (Å²) in [6.07, 6.45) is 7.55. The predicted molar refractivity (Wildman–Crippen MR) is 196 cm³/mol. The van der Waals surface area contributed by atoms with Gasteiger partial charge in [0.1, 0.15) is 8.07 Å². The SMILES string of the molecule is C[Si]1(C)c2ccccc2C2(c3ccccc3N(c3cc(-c4cccnc4)cc(-c4cccnc4)c3)c3ccccc32)c2ccccc21. The number of hydrogen-bond acceptors (Lipinski definition) is 3. The number of benzene rings is 5. The van der Waals surface area contributed by atoms with E-state index in [0.717, 1.165) is 27.9 Å². The molecule has 0 atom stereocenters. The number of nitrogens with zero attached hydrogens (tertiary/aromatic N) is 3. The average molecular weight is 620 g/mol. The Hall–Kier alpha value is -5.58. The van der Waals surface area contributed by atoms with Crippen LogP contribution < -0.4 is 15.3 Å². The molecule has 2 aliphatic rings. The van der Waals surface area contributed by atoms with E-state index in [1.807, 2.05) is 36.9 Å². The van der Waals surface area contributed by atoms with E-state index >= 15 is 0 Å². The third kappa shape index (κ3) is 3.98. The van der Waals surface area contributed by atoms with Gasteiger partial charge < -0.3 is 4.90 Å². The van der Waals surface area contributed by atoms with Gasteiger partial charge in [0.15, 0.2) is 0 Å². The molecule has 4 heterocycles. The molecule has 0 radical (unpaired) electrons. The summed E-state index contributed by atoms with van der Waals surface area (Å²) in [5.41, 5.74) is 12.9. The number of para-hydroxylation sites is 2. The second-order valence-electron chi connectivity index (χ2n) is 13.1. The van der Waals surface area contributed by atoms with Gasteiger partial charge in [0.05, 0.1) is 16.8 Å². The minimum Gasteiger partial charge on any atom is -0.310 e. The van der Waals surface area contributed by atoms with Gasteiger partial charge in [-0.3, -0.25) is 9.97 Å². The number of hydrogen-bond donors (Lipinski definition) is 0. The monoisotopic (exact) mass is 619 g/mol. The Balaban J connectivity index is 1.38. The molecule has 0 saturated carbocycles. The second kappa shape index (κ2) is 10.5. The van der Waals surface area contributed by atoms with Crippen LogP contribution in [0.4, 0.5) is 17.1 Å². The molecule has 0 unspecified atom stereocenters. The Morgan fingerprint density at radius 1 is 0.468 bits per heavy atom. The van der Waals surface area contributed by atoms with Crippen molar-refractivity contribution in [3.05, 3.63) is 187 Å². The van der Waals surface area contributed by atoms with Crippen molar-refractivity contribution in [2.24, 2.45) is 0 Å². The molecule has 9 rings (SSSR count). The first-order chi connectivity index (χ1) is 23.1. The van der Waals surface area contributed by atoms with Crippen LogP contribution >= 0.6 is 0 Å². The maximum absolute atomic E-state index is 4.47. The average Bonchev–Trinajstić information content (AvgIpc) is 3.14. The zero-order valence-corrected chi connectivity index (χ0v) is 27.4. The molecule has 224 valence electrons. The third-order valence-electron chi connectivity index (χ3n) is 10.3. The highest BCUT2D eigenvalue weighted by Gasteiger charge is 2.53. The maximum Gasteiger partial charge on any atom is 0.113 e. The summed E-state index contributed by atoms with van der Waals surface area (Å²) in [6.45, 7) is 5.02. The van der Waals surface area contributed by atoms with Crippen LogP contribution in [-0.2, 0) is 5.41 Å². The first kappa shape index (κ1) is 27.7. The molecule has 1 spiro atoms. The summed E-state index contributed by atoms with van der Waals surface area (Å²) in [5, 5.41) is 3.02. The van der Waals surface area contributed by atoms with E-state index in [9.17, 15) is 0 Å². The van der Waals surface area contributed by atoms with Crippen molar-refractivity contribution in [3.63, 3.8) is 0 Å². The summed E-state index contributed by atoms with van der Waals surface area (Å²) >= 11 is 0. The van der Waals surface area contributed by atoms with E-state index in [0.29, 0.717) is 0 Å². The molecule has 3 nitrogen and oxygen atoms in total. The molecule has 0 bridgehead atoms. The number of pyridine rings is 2. The number of fused-ring (bicyclic) bond motifs is 8. The molecule has 0 amide bonds. The number of aromatic nitrogens is 2. The highest BCUT2D eigenvalue weighted by molar-refractivity contribution is 7.01. The van der Waals surface area contributed by atoms with Gasteiger partial charge in [-0.25, -0.2) is 0 Å². The van der Waals surface area contributed by atoms with Crippen molar-refractivity contribution in [1.82, 2.24) is 9.97 Å². The zero-order chi connectivity index (χ0) is 31.6. The van der Waals surface area contributed by atoms with E-state index in [1.54, 1.807) is 0 Å². The molecule has 0 aliphatic carbocycles. The standard InChI is InChI=1S/C43H33N3Si/c1-47(2)41-21-9-5-17-37(41)43(38-18-6-10-22-42(38)47)35-15-3-7-19-39(35)46(40-20-8-4-16-36(40)43)34-26-32(30-13-11-23-44-28-30)25-33(27-34)31-14-12-24-45-29-31/h3-29H,1-2H3. The lowest BCUT2D eigenvalue weighted by Crippen LogP contribution is -2.63. The number of anilines is 3. The summed E-state index contributed by atoms with van der Waals surface area (Å²) in [6, 6.07) is 51.7. The maximum atomic E-state index is 4.47. The minimum atomic E-state index is -1.98. The number of rotatable bonds is 3. The van der Waals surface area contributed by atoms with E-state index in [-0.39, 0.29) is 0 Å². The zero-order valence-electron chi connectivity index (χ0n) is 26.4. The van der Waals surface area contributed by atoms with Crippen LogP contribution in [-0.4, -0.2) is 18.0 Å².